The Morgan fingerprint density at radius 3 is 2.43 bits per heavy atom. The SMILES string of the molecule is Clc1cccc(Cl)c1CNC1COC1. The predicted molar refractivity (Wildman–Crippen MR) is 57.9 cm³/mol. The van der Waals surface area contributed by atoms with Crippen LogP contribution >= 0.6 is 23.2 Å². The molecule has 0 amide bonds. The Morgan fingerprint density at radius 2 is 1.93 bits per heavy atom. The van der Waals surface area contributed by atoms with Crippen molar-refractivity contribution in [1.29, 1.82) is 0 Å². The summed E-state index contributed by atoms with van der Waals surface area (Å²) in [5.74, 6) is 0. The van der Waals surface area contributed by atoms with Gasteiger partial charge in [0.25, 0.3) is 0 Å². The first-order valence-corrected chi connectivity index (χ1v) is 5.27. The molecule has 0 radical (unpaired) electrons. The minimum Gasteiger partial charge on any atom is -0.378 e. The number of benzene rings is 1. The number of nitrogens with one attached hydrogen (secondary N) is 1. The third kappa shape index (κ3) is 2.20. The first kappa shape index (κ1) is 10.2. The molecule has 0 aromatic heterocycles. The molecular weight excluding hydrogens is 221 g/mol. The Hall–Kier alpha value is -0.280. The van der Waals surface area contributed by atoms with Gasteiger partial charge < -0.3 is 10.1 Å². The Balaban J connectivity index is 2.00. The van der Waals surface area contributed by atoms with Crippen molar-refractivity contribution in [2.75, 3.05) is 13.2 Å². The molecule has 2 nitrogen and oxygen atoms in total. The van der Waals surface area contributed by atoms with Crippen LogP contribution < -0.4 is 5.32 Å². The number of rotatable bonds is 3. The van der Waals surface area contributed by atoms with E-state index in [9.17, 15) is 0 Å². The number of ether oxygens (including phenoxy) is 1. The van der Waals surface area contributed by atoms with Crippen LogP contribution in [0.4, 0.5) is 0 Å². The highest BCUT2D eigenvalue weighted by Crippen LogP contribution is 2.24. The van der Waals surface area contributed by atoms with Crippen LogP contribution in [0.25, 0.3) is 0 Å². The maximum absolute atomic E-state index is 6.02. The number of hydrogen-bond donors (Lipinski definition) is 1. The maximum Gasteiger partial charge on any atom is 0.0643 e. The van der Waals surface area contributed by atoms with E-state index in [0.29, 0.717) is 22.6 Å². The summed E-state index contributed by atoms with van der Waals surface area (Å²) in [5, 5.41) is 4.75. The fraction of sp³-hybridized carbons (Fsp3) is 0.400. The molecule has 0 unspecified atom stereocenters. The third-order valence-electron chi connectivity index (χ3n) is 2.27. The summed E-state index contributed by atoms with van der Waals surface area (Å²) >= 11 is 12.0. The van der Waals surface area contributed by atoms with Crippen LogP contribution in [0.2, 0.25) is 10.0 Å². The monoisotopic (exact) mass is 231 g/mol. The summed E-state index contributed by atoms with van der Waals surface area (Å²) in [7, 11) is 0. The normalized spacial score (nSPS) is 16.7. The van der Waals surface area contributed by atoms with E-state index < -0.39 is 0 Å². The lowest BCUT2D eigenvalue weighted by molar-refractivity contribution is -0.00577. The molecule has 2 rings (SSSR count). The highest BCUT2D eigenvalue weighted by molar-refractivity contribution is 6.35. The lowest BCUT2D eigenvalue weighted by Gasteiger charge is -2.27. The number of hydrogen-bond acceptors (Lipinski definition) is 2. The van der Waals surface area contributed by atoms with Crippen LogP contribution in [0, 0.1) is 0 Å². The molecule has 1 aliphatic heterocycles. The highest BCUT2D eigenvalue weighted by atomic mass is 35.5. The van der Waals surface area contributed by atoms with E-state index in [2.05, 4.69) is 5.32 Å². The summed E-state index contributed by atoms with van der Waals surface area (Å²) in [6.07, 6.45) is 0. The van der Waals surface area contributed by atoms with Gasteiger partial charge in [-0.1, -0.05) is 29.3 Å². The van der Waals surface area contributed by atoms with Gasteiger partial charge in [-0.05, 0) is 12.1 Å². The van der Waals surface area contributed by atoms with Gasteiger partial charge in [0.15, 0.2) is 0 Å². The average molecular weight is 232 g/mol. The van der Waals surface area contributed by atoms with E-state index in [0.717, 1.165) is 18.8 Å². The molecular formula is C10H11Cl2NO. The van der Waals surface area contributed by atoms with Gasteiger partial charge in [0.05, 0.1) is 19.3 Å². The Kier molecular flexibility index (Phi) is 3.29. The maximum atomic E-state index is 6.02. The predicted octanol–water partition coefficient (Wildman–Crippen LogP) is 2.48. The van der Waals surface area contributed by atoms with Crippen molar-refractivity contribution in [1.82, 2.24) is 5.32 Å². The van der Waals surface area contributed by atoms with Gasteiger partial charge in [0.2, 0.25) is 0 Å². The second kappa shape index (κ2) is 4.49. The minimum atomic E-state index is 0.447. The summed E-state index contributed by atoms with van der Waals surface area (Å²) < 4.78 is 5.06. The van der Waals surface area contributed by atoms with Crippen molar-refractivity contribution in [3.8, 4) is 0 Å². The Labute approximate surface area is 93.2 Å². The van der Waals surface area contributed by atoms with Gasteiger partial charge in [-0.3, -0.25) is 0 Å². The molecule has 1 aromatic carbocycles. The first-order chi connectivity index (χ1) is 6.77. The van der Waals surface area contributed by atoms with Gasteiger partial charge in [0, 0.05) is 22.2 Å². The molecule has 0 bridgehead atoms. The lowest BCUT2D eigenvalue weighted by atomic mass is 10.2. The van der Waals surface area contributed by atoms with Crippen molar-refractivity contribution in [2.24, 2.45) is 0 Å². The lowest BCUT2D eigenvalue weighted by Crippen LogP contribution is -2.45. The smallest absolute Gasteiger partial charge is 0.0643 e. The van der Waals surface area contributed by atoms with Crippen molar-refractivity contribution in [2.45, 2.75) is 12.6 Å². The molecule has 14 heavy (non-hydrogen) atoms. The molecule has 0 saturated carbocycles. The molecule has 0 atom stereocenters. The second-order valence-electron chi connectivity index (χ2n) is 3.32. The summed E-state index contributed by atoms with van der Waals surface area (Å²) in [4.78, 5) is 0. The quantitative estimate of drug-likeness (QED) is 0.864. The van der Waals surface area contributed by atoms with Crippen LogP contribution in [-0.4, -0.2) is 19.3 Å². The molecule has 0 aliphatic carbocycles. The van der Waals surface area contributed by atoms with Crippen molar-refractivity contribution in [3.63, 3.8) is 0 Å². The zero-order valence-corrected chi connectivity index (χ0v) is 9.11. The van der Waals surface area contributed by atoms with E-state index >= 15 is 0 Å². The van der Waals surface area contributed by atoms with Crippen LogP contribution in [0.15, 0.2) is 18.2 Å². The van der Waals surface area contributed by atoms with Gasteiger partial charge >= 0.3 is 0 Å². The standard InChI is InChI=1S/C10H11Cl2NO/c11-9-2-1-3-10(12)8(9)4-13-7-5-14-6-7/h1-3,7,13H,4-6H2. The Bertz CT molecular complexity index is 306. The highest BCUT2D eigenvalue weighted by Gasteiger charge is 2.18. The van der Waals surface area contributed by atoms with Crippen molar-refractivity contribution in [3.05, 3.63) is 33.8 Å². The molecule has 1 saturated heterocycles. The van der Waals surface area contributed by atoms with Crippen LogP contribution in [0.1, 0.15) is 5.56 Å². The van der Waals surface area contributed by atoms with Crippen molar-refractivity contribution >= 4 is 23.2 Å². The molecule has 1 aliphatic rings. The van der Waals surface area contributed by atoms with E-state index in [1.165, 1.54) is 0 Å². The number of halogens is 2. The average Bonchev–Trinajstić information content (AvgIpc) is 2.07. The summed E-state index contributed by atoms with van der Waals surface area (Å²) in [5.41, 5.74) is 0.961. The molecule has 1 N–H and O–H groups in total. The molecule has 1 aromatic rings. The first-order valence-electron chi connectivity index (χ1n) is 4.51. The molecule has 1 fully saturated rings. The zero-order valence-electron chi connectivity index (χ0n) is 7.59. The van der Waals surface area contributed by atoms with Crippen LogP contribution in [0.5, 0.6) is 0 Å². The van der Waals surface area contributed by atoms with E-state index in [-0.39, 0.29) is 0 Å². The largest absolute Gasteiger partial charge is 0.378 e. The van der Waals surface area contributed by atoms with Crippen LogP contribution in [-0.2, 0) is 11.3 Å². The van der Waals surface area contributed by atoms with Crippen LogP contribution in [0.3, 0.4) is 0 Å². The fourth-order valence-corrected chi connectivity index (χ4v) is 1.83. The minimum absolute atomic E-state index is 0.447. The Morgan fingerprint density at radius 1 is 1.29 bits per heavy atom. The zero-order chi connectivity index (χ0) is 9.97. The van der Waals surface area contributed by atoms with Gasteiger partial charge in [-0.15, -0.1) is 0 Å². The van der Waals surface area contributed by atoms with Gasteiger partial charge in [-0.2, -0.15) is 0 Å². The molecule has 1 heterocycles. The van der Waals surface area contributed by atoms with Gasteiger partial charge in [-0.25, -0.2) is 0 Å². The molecule has 76 valence electrons. The van der Waals surface area contributed by atoms with E-state index in [4.69, 9.17) is 27.9 Å². The summed E-state index contributed by atoms with van der Waals surface area (Å²) in [6.45, 7) is 2.26. The van der Waals surface area contributed by atoms with E-state index in [1.54, 1.807) is 0 Å². The molecule has 4 heteroatoms. The summed E-state index contributed by atoms with van der Waals surface area (Å²) in [6, 6.07) is 5.99. The van der Waals surface area contributed by atoms with Gasteiger partial charge in [0.1, 0.15) is 0 Å². The third-order valence-corrected chi connectivity index (χ3v) is 2.98. The molecule has 0 spiro atoms. The topological polar surface area (TPSA) is 21.3 Å². The van der Waals surface area contributed by atoms with Crippen molar-refractivity contribution < 1.29 is 4.74 Å². The fourth-order valence-electron chi connectivity index (χ4n) is 1.30. The second-order valence-corrected chi connectivity index (χ2v) is 4.13. The van der Waals surface area contributed by atoms with E-state index in [1.807, 2.05) is 18.2 Å².